The van der Waals surface area contributed by atoms with Crippen molar-refractivity contribution >= 4 is 11.8 Å². The second-order valence-corrected chi connectivity index (χ2v) is 5.72. The van der Waals surface area contributed by atoms with Crippen molar-refractivity contribution in [1.29, 1.82) is 0 Å². The third-order valence-corrected chi connectivity index (χ3v) is 3.97. The minimum Gasteiger partial charge on any atom is -0.493 e. The highest BCUT2D eigenvalue weighted by Crippen LogP contribution is 2.09. The quantitative estimate of drug-likeness (QED) is 0.616. The summed E-state index contributed by atoms with van der Waals surface area (Å²) in [5.41, 5.74) is 0. The van der Waals surface area contributed by atoms with Crippen LogP contribution >= 0.6 is 0 Å². The molecule has 25 heavy (non-hydrogen) atoms. The van der Waals surface area contributed by atoms with Gasteiger partial charge in [0.2, 0.25) is 11.8 Å². The number of rotatable bonds is 9. The van der Waals surface area contributed by atoms with E-state index >= 15 is 0 Å². The molecule has 2 amide bonds. The van der Waals surface area contributed by atoms with Crippen molar-refractivity contribution in [2.75, 3.05) is 59.7 Å². The van der Waals surface area contributed by atoms with Crippen LogP contribution in [0.2, 0.25) is 0 Å². The van der Waals surface area contributed by atoms with Gasteiger partial charge in [0.15, 0.2) is 0 Å². The lowest BCUT2D eigenvalue weighted by Crippen LogP contribution is -2.51. The Balaban J connectivity index is 1.62. The SMILES string of the molecule is COCCOCC(=O)N1CCN(C(=O)CCOc2ccccc2)CC1. The zero-order chi connectivity index (χ0) is 17.9. The largest absolute Gasteiger partial charge is 0.493 e. The van der Waals surface area contributed by atoms with Gasteiger partial charge in [-0.3, -0.25) is 9.59 Å². The van der Waals surface area contributed by atoms with E-state index < -0.39 is 0 Å². The Morgan fingerprint density at radius 2 is 1.56 bits per heavy atom. The number of piperazine rings is 1. The second-order valence-electron chi connectivity index (χ2n) is 5.72. The third-order valence-electron chi connectivity index (χ3n) is 3.97. The molecule has 138 valence electrons. The molecule has 0 atom stereocenters. The van der Waals surface area contributed by atoms with Crippen LogP contribution in [0.5, 0.6) is 5.75 Å². The molecular formula is C18H26N2O5. The van der Waals surface area contributed by atoms with Gasteiger partial charge in [-0.1, -0.05) is 18.2 Å². The molecule has 1 heterocycles. The minimum absolute atomic E-state index is 0.0457. The van der Waals surface area contributed by atoms with Crippen molar-refractivity contribution in [3.8, 4) is 5.75 Å². The number of hydrogen-bond donors (Lipinski definition) is 0. The van der Waals surface area contributed by atoms with Gasteiger partial charge in [0, 0.05) is 33.3 Å². The van der Waals surface area contributed by atoms with Crippen molar-refractivity contribution in [3.63, 3.8) is 0 Å². The van der Waals surface area contributed by atoms with Crippen molar-refractivity contribution in [2.24, 2.45) is 0 Å². The summed E-state index contributed by atoms with van der Waals surface area (Å²) in [7, 11) is 1.59. The predicted octanol–water partition coefficient (Wildman–Crippen LogP) is 0.789. The minimum atomic E-state index is -0.0457. The molecule has 0 saturated carbocycles. The number of carbonyl (C=O) groups excluding carboxylic acids is 2. The molecule has 1 aliphatic heterocycles. The Morgan fingerprint density at radius 1 is 0.920 bits per heavy atom. The molecule has 0 spiro atoms. The molecule has 7 nitrogen and oxygen atoms in total. The zero-order valence-electron chi connectivity index (χ0n) is 14.7. The number of ether oxygens (including phenoxy) is 3. The molecule has 1 aliphatic rings. The fourth-order valence-corrected chi connectivity index (χ4v) is 2.53. The molecule has 7 heteroatoms. The first-order valence-corrected chi connectivity index (χ1v) is 8.51. The average Bonchev–Trinajstić information content (AvgIpc) is 2.66. The Labute approximate surface area is 148 Å². The maximum atomic E-state index is 12.2. The van der Waals surface area contributed by atoms with E-state index in [4.69, 9.17) is 14.2 Å². The topological polar surface area (TPSA) is 68.3 Å². The van der Waals surface area contributed by atoms with Crippen LogP contribution in [0.4, 0.5) is 0 Å². The van der Waals surface area contributed by atoms with Gasteiger partial charge < -0.3 is 24.0 Å². The molecule has 0 bridgehead atoms. The van der Waals surface area contributed by atoms with E-state index in [-0.39, 0.29) is 18.4 Å². The van der Waals surface area contributed by atoms with Gasteiger partial charge in [-0.25, -0.2) is 0 Å². The number of carbonyl (C=O) groups is 2. The van der Waals surface area contributed by atoms with Crippen molar-refractivity contribution in [3.05, 3.63) is 30.3 Å². The number of benzene rings is 1. The van der Waals surface area contributed by atoms with Crippen LogP contribution in [0, 0.1) is 0 Å². The second kappa shape index (κ2) is 10.7. The van der Waals surface area contributed by atoms with Crippen LogP contribution in [0.1, 0.15) is 6.42 Å². The highest BCUT2D eigenvalue weighted by Gasteiger charge is 2.23. The van der Waals surface area contributed by atoms with Crippen LogP contribution in [0.15, 0.2) is 30.3 Å². The van der Waals surface area contributed by atoms with Crippen LogP contribution < -0.4 is 4.74 Å². The maximum Gasteiger partial charge on any atom is 0.248 e. The molecule has 0 aromatic heterocycles. The lowest BCUT2D eigenvalue weighted by atomic mass is 10.2. The van der Waals surface area contributed by atoms with Gasteiger partial charge in [0.05, 0.1) is 26.2 Å². The van der Waals surface area contributed by atoms with Crippen LogP contribution in [0.3, 0.4) is 0 Å². The number of nitrogens with zero attached hydrogens (tertiary/aromatic N) is 2. The van der Waals surface area contributed by atoms with Crippen LogP contribution in [-0.2, 0) is 19.1 Å². The van der Waals surface area contributed by atoms with E-state index in [0.717, 1.165) is 5.75 Å². The van der Waals surface area contributed by atoms with Gasteiger partial charge in [-0.2, -0.15) is 0 Å². The van der Waals surface area contributed by atoms with Crippen LogP contribution in [0.25, 0.3) is 0 Å². The molecule has 2 rings (SSSR count). The van der Waals surface area contributed by atoms with Crippen molar-refractivity contribution < 1.29 is 23.8 Å². The highest BCUT2D eigenvalue weighted by molar-refractivity contribution is 5.79. The zero-order valence-corrected chi connectivity index (χ0v) is 14.7. The smallest absolute Gasteiger partial charge is 0.248 e. The molecule has 0 aliphatic carbocycles. The maximum absolute atomic E-state index is 12.2. The monoisotopic (exact) mass is 350 g/mol. The first-order chi connectivity index (χ1) is 12.2. The summed E-state index contributed by atoms with van der Waals surface area (Å²) in [6.45, 7) is 3.47. The summed E-state index contributed by atoms with van der Waals surface area (Å²) < 4.78 is 15.7. The number of amides is 2. The lowest BCUT2D eigenvalue weighted by molar-refractivity contribution is -0.143. The summed E-state index contributed by atoms with van der Waals surface area (Å²) >= 11 is 0. The Kier molecular flexibility index (Phi) is 8.21. The average molecular weight is 350 g/mol. The van der Waals surface area contributed by atoms with E-state index in [1.807, 2.05) is 30.3 Å². The number of para-hydroxylation sites is 1. The molecular weight excluding hydrogens is 324 g/mol. The number of hydrogen-bond acceptors (Lipinski definition) is 5. The highest BCUT2D eigenvalue weighted by atomic mass is 16.5. The van der Waals surface area contributed by atoms with E-state index in [1.54, 1.807) is 16.9 Å². The summed E-state index contributed by atoms with van der Waals surface area (Å²) in [5, 5.41) is 0. The normalized spacial score (nSPS) is 14.4. The van der Waals surface area contributed by atoms with Gasteiger partial charge in [0.1, 0.15) is 12.4 Å². The first-order valence-electron chi connectivity index (χ1n) is 8.51. The molecule has 1 fully saturated rings. The number of methoxy groups -OCH3 is 1. The lowest BCUT2D eigenvalue weighted by Gasteiger charge is -2.34. The first kappa shape index (κ1) is 19.2. The molecule has 1 aromatic rings. The van der Waals surface area contributed by atoms with Crippen molar-refractivity contribution in [1.82, 2.24) is 9.80 Å². The molecule has 1 aromatic carbocycles. The third kappa shape index (κ3) is 6.72. The van der Waals surface area contributed by atoms with Gasteiger partial charge >= 0.3 is 0 Å². The van der Waals surface area contributed by atoms with E-state index in [2.05, 4.69) is 0 Å². The van der Waals surface area contributed by atoms with Gasteiger partial charge in [-0.15, -0.1) is 0 Å². The van der Waals surface area contributed by atoms with E-state index in [9.17, 15) is 9.59 Å². The van der Waals surface area contributed by atoms with E-state index in [1.165, 1.54) is 0 Å². The summed E-state index contributed by atoms with van der Waals surface area (Å²) in [6, 6.07) is 9.44. The Morgan fingerprint density at radius 3 is 2.20 bits per heavy atom. The molecule has 0 radical (unpaired) electrons. The van der Waals surface area contributed by atoms with Gasteiger partial charge in [-0.05, 0) is 12.1 Å². The predicted molar refractivity (Wildman–Crippen MR) is 92.4 cm³/mol. The van der Waals surface area contributed by atoms with Crippen molar-refractivity contribution in [2.45, 2.75) is 6.42 Å². The Hall–Kier alpha value is -2.12. The summed E-state index contributed by atoms with van der Waals surface area (Å²) in [4.78, 5) is 27.7. The van der Waals surface area contributed by atoms with Crippen LogP contribution in [-0.4, -0.2) is 81.3 Å². The fraction of sp³-hybridized carbons (Fsp3) is 0.556. The standard InChI is InChI=1S/C18H26N2O5/c1-23-13-14-24-15-18(22)20-10-8-19(9-11-20)17(21)7-12-25-16-5-3-2-4-6-16/h2-6H,7-15H2,1H3. The molecule has 1 saturated heterocycles. The van der Waals surface area contributed by atoms with E-state index in [0.29, 0.717) is 52.4 Å². The molecule has 0 unspecified atom stereocenters. The molecule has 0 N–H and O–H groups in total. The fourth-order valence-electron chi connectivity index (χ4n) is 2.53. The van der Waals surface area contributed by atoms with Gasteiger partial charge in [0.25, 0.3) is 0 Å². The summed E-state index contributed by atoms with van der Waals surface area (Å²) in [6.07, 6.45) is 0.336. The Bertz CT molecular complexity index is 530. The summed E-state index contributed by atoms with van der Waals surface area (Å²) in [5.74, 6) is 0.772.